The molecule has 0 saturated carbocycles. The summed E-state index contributed by atoms with van der Waals surface area (Å²) in [4.78, 5) is 18.4. The van der Waals surface area contributed by atoms with Crippen molar-refractivity contribution in [3.05, 3.63) is 24.3 Å². The van der Waals surface area contributed by atoms with Gasteiger partial charge in [-0.2, -0.15) is 0 Å². The summed E-state index contributed by atoms with van der Waals surface area (Å²) in [6.45, 7) is 1.36. The monoisotopic (exact) mass is 331 g/mol. The van der Waals surface area contributed by atoms with E-state index < -0.39 is 0 Å². The first-order chi connectivity index (χ1) is 11.2. The number of nitrogens with one attached hydrogen (secondary N) is 1. The highest BCUT2D eigenvalue weighted by Crippen LogP contribution is 2.34. The Labute approximate surface area is 142 Å². The van der Waals surface area contributed by atoms with Gasteiger partial charge in [-0.05, 0) is 44.9 Å². The second kappa shape index (κ2) is 6.46. The van der Waals surface area contributed by atoms with E-state index in [1.807, 2.05) is 22.7 Å². The highest BCUT2D eigenvalue weighted by Gasteiger charge is 2.36. The van der Waals surface area contributed by atoms with Crippen molar-refractivity contribution in [2.24, 2.45) is 0 Å². The molecule has 0 radical (unpaired) electrons. The van der Waals surface area contributed by atoms with Crippen molar-refractivity contribution in [2.75, 3.05) is 30.8 Å². The number of nitrogens with zero attached hydrogens (tertiary/aromatic N) is 2. The van der Waals surface area contributed by atoms with Gasteiger partial charge in [-0.25, -0.2) is 0 Å². The lowest BCUT2D eigenvalue weighted by Gasteiger charge is -2.37. The van der Waals surface area contributed by atoms with Gasteiger partial charge >= 0.3 is 0 Å². The maximum Gasteiger partial charge on any atom is 0.241 e. The summed E-state index contributed by atoms with van der Waals surface area (Å²) in [7, 11) is 2.12. The first-order valence-corrected chi connectivity index (χ1v) is 9.68. The molecule has 2 saturated heterocycles. The molecule has 0 spiro atoms. The van der Waals surface area contributed by atoms with E-state index in [2.05, 4.69) is 35.5 Å². The molecule has 2 atom stereocenters. The summed E-state index contributed by atoms with van der Waals surface area (Å²) in [5.41, 5.74) is 1.09. The summed E-state index contributed by atoms with van der Waals surface area (Å²) in [5.74, 6) is 1.23. The first kappa shape index (κ1) is 15.5. The molecule has 0 aliphatic carbocycles. The average molecular weight is 331 g/mol. The van der Waals surface area contributed by atoms with Crippen molar-refractivity contribution in [1.29, 1.82) is 0 Å². The second-order valence-electron chi connectivity index (χ2n) is 7.04. The number of rotatable bonds is 3. The van der Waals surface area contributed by atoms with Crippen LogP contribution in [0.2, 0.25) is 0 Å². The summed E-state index contributed by atoms with van der Waals surface area (Å²) >= 11 is 1.85. The van der Waals surface area contributed by atoms with Gasteiger partial charge in [-0.1, -0.05) is 12.1 Å². The SMILES string of the molecule is CN(CC(=O)N1CCSc2ccccc21)C1CC2CCC(C1)N2. The van der Waals surface area contributed by atoms with E-state index in [9.17, 15) is 4.79 Å². The molecule has 3 aliphatic rings. The maximum absolute atomic E-state index is 12.9. The average Bonchev–Trinajstić information content (AvgIpc) is 2.92. The molecule has 4 rings (SSSR count). The van der Waals surface area contributed by atoms with E-state index in [1.54, 1.807) is 0 Å². The standard InChI is InChI=1S/C18H25N3OS/c1-20(15-10-13-6-7-14(11-15)19-13)12-18(22)21-8-9-23-17-5-3-2-4-16(17)21/h2-5,13-15,19H,6-12H2,1H3. The fourth-order valence-electron chi connectivity index (χ4n) is 4.24. The fourth-order valence-corrected chi connectivity index (χ4v) is 5.24. The van der Waals surface area contributed by atoms with Crippen molar-refractivity contribution in [3.8, 4) is 0 Å². The topological polar surface area (TPSA) is 35.6 Å². The highest BCUT2D eigenvalue weighted by molar-refractivity contribution is 7.99. The molecule has 5 heteroatoms. The van der Waals surface area contributed by atoms with E-state index in [-0.39, 0.29) is 5.91 Å². The number of benzene rings is 1. The number of para-hydroxylation sites is 1. The fraction of sp³-hybridized carbons (Fsp3) is 0.611. The Hall–Kier alpha value is -1.04. The van der Waals surface area contributed by atoms with E-state index in [0.717, 1.165) is 18.0 Å². The molecular weight excluding hydrogens is 306 g/mol. The van der Waals surface area contributed by atoms with Crippen LogP contribution in [-0.4, -0.2) is 54.8 Å². The van der Waals surface area contributed by atoms with Gasteiger partial charge in [0, 0.05) is 35.3 Å². The van der Waals surface area contributed by atoms with E-state index in [1.165, 1.54) is 30.6 Å². The third-order valence-electron chi connectivity index (χ3n) is 5.49. The summed E-state index contributed by atoms with van der Waals surface area (Å²) in [5, 5.41) is 3.68. The molecule has 1 amide bonds. The quantitative estimate of drug-likeness (QED) is 0.922. The normalized spacial score (nSPS) is 29.7. The molecule has 2 fully saturated rings. The van der Waals surface area contributed by atoms with Crippen LogP contribution in [0.25, 0.3) is 0 Å². The van der Waals surface area contributed by atoms with Gasteiger partial charge in [0.15, 0.2) is 0 Å². The van der Waals surface area contributed by atoms with Gasteiger partial charge in [0.2, 0.25) is 5.91 Å². The molecular formula is C18H25N3OS. The third-order valence-corrected chi connectivity index (χ3v) is 6.53. The van der Waals surface area contributed by atoms with Gasteiger partial charge in [0.1, 0.15) is 0 Å². The highest BCUT2D eigenvalue weighted by atomic mass is 32.2. The van der Waals surface area contributed by atoms with Crippen LogP contribution in [0.3, 0.4) is 0 Å². The molecule has 0 aromatic heterocycles. The number of hydrogen-bond acceptors (Lipinski definition) is 4. The zero-order chi connectivity index (χ0) is 15.8. The molecule has 1 aromatic rings. The Morgan fingerprint density at radius 3 is 2.83 bits per heavy atom. The lowest BCUT2D eigenvalue weighted by molar-refractivity contribution is -0.120. The van der Waals surface area contributed by atoms with Crippen LogP contribution in [0.5, 0.6) is 0 Å². The zero-order valence-electron chi connectivity index (χ0n) is 13.7. The number of carbonyl (C=O) groups is 1. The van der Waals surface area contributed by atoms with E-state index >= 15 is 0 Å². The van der Waals surface area contributed by atoms with Crippen LogP contribution >= 0.6 is 11.8 Å². The first-order valence-electron chi connectivity index (χ1n) is 8.69. The molecule has 4 nitrogen and oxygen atoms in total. The minimum absolute atomic E-state index is 0.242. The Balaban J connectivity index is 1.42. The zero-order valence-corrected chi connectivity index (χ0v) is 14.5. The van der Waals surface area contributed by atoms with Gasteiger partial charge in [-0.15, -0.1) is 11.8 Å². The molecule has 1 N–H and O–H groups in total. The minimum Gasteiger partial charge on any atom is -0.311 e. The van der Waals surface area contributed by atoms with Crippen molar-refractivity contribution in [3.63, 3.8) is 0 Å². The van der Waals surface area contributed by atoms with Crippen LogP contribution < -0.4 is 10.2 Å². The number of piperidine rings is 1. The predicted molar refractivity (Wildman–Crippen MR) is 95.1 cm³/mol. The number of carbonyl (C=O) groups excluding carboxylic acids is 1. The maximum atomic E-state index is 12.9. The minimum atomic E-state index is 0.242. The smallest absolute Gasteiger partial charge is 0.241 e. The summed E-state index contributed by atoms with van der Waals surface area (Å²) in [6, 6.07) is 10.2. The molecule has 3 heterocycles. The Bertz CT molecular complexity index is 581. The van der Waals surface area contributed by atoms with Gasteiger partial charge < -0.3 is 10.2 Å². The van der Waals surface area contributed by atoms with Crippen molar-refractivity contribution in [1.82, 2.24) is 10.2 Å². The largest absolute Gasteiger partial charge is 0.311 e. The summed E-state index contributed by atoms with van der Waals surface area (Å²) < 4.78 is 0. The van der Waals surface area contributed by atoms with Crippen LogP contribution in [0.15, 0.2) is 29.2 Å². The number of amides is 1. The molecule has 124 valence electrons. The molecule has 23 heavy (non-hydrogen) atoms. The second-order valence-corrected chi connectivity index (χ2v) is 8.18. The van der Waals surface area contributed by atoms with E-state index in [0.29, 0.717) is 24.7 Å². The van der Waals surface area contributed by atoms with Gasteiger partial charge in [0.05, 0.1) is 12.2 Å². The number of thioether (sulfide) groups is 1. The summed E-state index contributed by atoms with van der Waals surface area (Å²) in [6.07, 6.45) is 4.98. The Morgan fingerprint density at radius 2 is 2.04 bits per heavy atom. The lowest BCUT2D eigenvalue weighted by atomic mass is 9.98. The van der Waals surface area contributed by atoms with Crippen LogP contribution in [-0.2, 0) is 4.79 Å². The van der Waals surface area contributed by atoms with Gasteiger partial charge in [0.25, 0.3) is 0 Å². The molecule has 1 aromatic carbocycles. The van der Waals surface area contributed by atoms with Crippen molar-refractivity contribution in [2.45, 2.75) is 48.7 Å². The molecule has 3 aliphatic heterocycles. The number of anilines is 1. The number of hydrogen-bond donors (Lipinski definition) is 1. The number of fused-ring (bicyclic) bond motifs is 3. The molecule has 2 unspecified atom stereocenters. The van der Waals surface area contributed by atoms with Crippen molar-refractivity contribution >= 4 is 23.4 Å². The van der Waals surface area contributed by atoms with Crippen molar-refractivity contribution < 1.29 is 4.79 Å². The third kappa shape index (κ3) is 3.14. The molecule has 2 bridgehead atoms. The van der Waals surface area contributed by atoms with Crippen LogP contribution in [0.4, 0.5) is 5.69 Å². The van der Waals surface area contributed by atoms with Crippen LogP contribution in [0.1, 0.15) is 25.7 Å². The Morgan fingerprint density at radius 1 is 1.30 bits per heavy atom. The predicted octanol–water partition coefficient (Wildman–Crippen LogP) is 2.34. The number of likely N-dealkylation sites (N-methyl/N-ethyl adjacent to an activating group) is 1. The Kier molecular flexibility index (Phi) is 4.35. The van der Waals surface area contributed by atoms with Crippen LogP contribution in [0, 0.1) is 0 Å². The van der Waals surface area contributed by atoms with E-state index in [4.69, 9.17) is 0 Å². The van der Waals surface area contributed by atoms with Gasteiger partial charge in [-0.3, -0.25) is 9.69 Å². The lowest BCUT2D eigenvalue weighted by Crippen LogP contribution is -2.50.